The summed E-state index contributed by atoms with van der Waals surface area (Å²) in [6, 6.07) is 3.48. The lowest BCUT2D eigenvalue weighted by Crippen LogP contribution is -2.42. The summed E-state index contributed by atoms with van der Waals surface area (Å²) in [5, 5.41) is 18.3. The Labute approximate surface area is 122 Å². The van der Waals surface area contributed by atoms with Gasteiger partial charge in [-0.05, 0) is 24.3 Å². The normalized spacial score (nSPS) is 26.1. The molecule has 0 spiro atoms. The van der Waals surface area contributed by atoms with E-state index in [0.717, 1.165) is 5.57 Å². The maximum Gasteiger partial charge on any atom is 0.131 e. The summed E-state index contributed by atoms with van der Waals surface area (Å²) >= 11 is 6.16. The molecule has 4 N–H and O–H groups in total. The largest absolute Gasteiger partial charge is 0.465 e. The van der Waals surface area contributed by atoms with Crippen LogP contribution in [0.25, 0.3) is 5.57 Å². The molecule has 0 amide bonds. The Balaban J connectivity index is 2.32. The van der Waals surface area contributed by atoms with E-state index in [0.29, 0.717) is 18.8 Å². The van der Waals surface area contributed by atoms with E-state index >= 15 is 0 Å². The van der Waals surface area contributed by atoms with Crippen LogP contribution in [-0.2, 0) is 0 Å². The van der Waals surface area contributed by atoms with Gasteiger partial charge < -0.3 is 20.4 Å². The van der Waals surface area contributed by atoms with Gasteiger partial charge in [-0.25, -0.2) is 0 Å². The first-order valence-corrected chi connectivity index (χ1v) is 6.85. The smallest absolute Gasteiger partial charge is 0.131 e. The van der Waals surface area contributed by atoms with Crippen molar-refractivity contribution in [1.29, 1.82) is 0 Å². The van der Waals surface area contributed by atoms with Gasteiger partial charge in [-0.2, -0.15) is 0 Å². The topological polar surface area (TPSA) is 82.9 Å². The van der Waals surface area contributed by atoms with E-state index < -0.39 is 5.00 Å². The van der Waals surface area contributed by atoms with Crippen LogP contribution in [0.5, 0.6) is 0 Å². The van der Waals surface area contributed by atoms with Crippen LogP contribution in [0.2, 0.25) is 0 Å². The zero-order chi connectivity index (χ0) is 14.6. The molecule has 1 aliphatic carbocycles. The molecule has 1 aromatic heterocycles. The fraction of sp³-hybridized carbons (Fsp3) is 0.429. The molecule has 1 aliphatic rings. The molecule has 1 aromatic rings. The molecule has 2 atom stereocenters. The fourth-order valence-electron chi connectivity index (χ4n) is 2.34. The molecule has 1 heterocycles. The minimum atomic E-state index is -1.05. The average Bonchev–Trinajstić information content (AvgIpc) is 2.91. The SMILES string of the molecule is NC1(Cl)C=CC(N(CCO)CCO)C(c2ccco2)=C1. The second-order valence-corrected chi connectivity index (χ2v) is 5.35. The highest BCUT2D eigenvalue weighted by Gasteiger charge is 2.30. The summed E-state index contributed by atoms with van der Waals surface area (Å²) in [4.78, 5) is 0.889. The number of hydrogen-bond donors (Lipinski definition) is 3. The molecular formula is C14H19ClN2O3. The molecule has 2 unspecified atom stereocenters. The van der Waals surface area contributed by atoms with E-state index in [1.54, 1.807) is 24.5 Å². The van der Waals surface area contributed by atoms with Crippen LogP contribution in [0.4, 0.5) is 0 Å². The standard InChI is InChI=1S/C14H19ClN2O3/c15-14(16)4-3-12(17(5-7-18)6-8-19)11(10-14)13-2-1-9-20-13/h1-4,9-10,12,18-19H,5-8,16H2. The van der Waals surface area contributed by atoms with Crippen LogP contribution in [-0.4, -0.2) is 52.5 Å². The van der Waals surface area contributed by atoms with E-state index in [-0.39, 0.29) is 19.3 Å². The van der Waals surface area contributed by atoms with Crippen molar-refractivity contribution < 1.29 is 14.6 Å². The number of hydrogen-bond acceptors (Lipinski definition) is 5. The Morgan fingerprint density at radius 3 is 2.60 bits per heavy atom. The predicted molar refractivity (Wildman–Crippen MR) is 78.1 cm³/mol. The molecule has 0 fully saturated rings. The molecule has 0 saturated heterocycles. The summed E-state index contributed by atoms with van der Waals surface area (Å²) in [7, 11) is 0. The summed E-state index contributed by atoms with van der Waals surface area (Å²) < 4.78 is 5.43. The van der Waals surface area contributed by atoms with Crippen LogP contribution >= 0.6 is 11.6 Å². The monoisotopic (exact) mass is 298 g/mol. The van der Waals surface area contributed by atoms with Gasteiger partial charge >= 0.3 is 0 Å². The average molecular weight is 299 g/mol. The Kier molecular flexibility index (Phi) is 5.01. The zero-order valence-electron chi connectivity index (χ0n) is 11.1. The lowest BCUT2D eigenvalue weighted by atomic mass is 9.94. The number of halogens is 1. The van der Waals surface area contributed by atoms with Gasteiger partial charge in [-0.3, -0.25) is 4.90 Å². The second kappa shape index (κ2) is 6.56. The number of rotatable bonds is 6. The number of nitrogens with two attached hydrogens (primary N) is 1. The number of aliphatic hydroxyl groups excluding tert-OH is 2. The van der Waals surface area contributed by atoms with Crippen LogP contribution in [0.15, 0.2) is 41.0 Å². The van der Waals surface area contributed by atoms with Crippen LogP contribution in [0.1, 0.15) is 5.76 Å². The van der Waals surface area contributed by atoms with Gasteiger partial charge in [-0.15, -0.1) is 0 Å². The minimum Gasteiger partial charge on any atom is -0.465 e. The van der Waals surface area contributed by atoms with Crippen molar-refractivity contribution in [1.82, 2.24) is 4.90 Å². The molecular weight excluding hydrogens is 280 g/mol. The van der Waals surface area contributed by atoms with Gasteiger partial charge in [0.1, 0.15) is 10.8 Å². The van der Waals surface area contributed by atoms with Crippen molar-refractivity contribution in [3.63, 3.8) is 0 Å². The first-order chi connectivity index (χ1) is 9.57. The molecule has 2 rings (SSSR count). The van der Waals surface area contributed by atoms with Gasteiger partial charge in [-0.1, -0.05) is 17.7 Å². The van der Waals surface area contributed by atoms with Crippen molar-refractivity contribution in [2.24, 2.45) is 5.73 Å². The molecule has 5 nitrogen and oxygen atoms in total. The third-order valence-electron chi connectivity index (χ3n) is 3.20. The lowest BCUT2D eigenvalue weighted by molar-refractivity contribution is 0.154. The van der Waals surface area contributed by atoms with Gasteiger partial charge in [0, 0.05) is 18.7 Å². The highest BCUT2D eigenvalue weighted by Crippen LogP contribution is 2.32. The Bertz CT molecular complexity index is 477. The van der Waals surface area contributed by atoms with E-state index in [1.807, 2.05) is 17.0 Å². The highest BCUT2D eigenvalue weighted by atomic mass is 35.5. The van der Waals surface area contributed by atoms with E-state index in [9.17, 15) is 10.2 Å². The minimum absolute atomic E-state index is 0.00438. The molecule has 0 saturated carbocycles. The maximum atomic E-state index is 9.17. The van der Waals surface area contributed by atoms with Gasteiger partial charge in [0.2, 0.25) is 0 Å². The first kappa shape index (κ1) is 15.3. The van der Waals surface area contributed by atoms with Crippen molar-refractivity contribution in [3.8, 4) is 0 Å². The number of nitrogens with zero attached hydrogens (tertiary/aromatic N) is 1. The van der Waals surface area contributed by atoms with Crippen molar-refractivity contribution >= 4 is 17.2 Å². The molecule has 0 bridgehead atoms. The predicted octanol–water partition coefficient (Wildman–Crippen LogP) is 0.782. The summed E-state index contributed by atoms with van der Waals surface area (Å²) in [5.41, 5.74) is 6.76. The Hall–Kier alpha value is -1.11. The molecule has 0 aromatic carbocycles. The quantitative estimate of drug-likeness (QED) is 0.411. The molecule has 20 heavy (non-hydrogen) atoms. The van der Waals surface area contributed by atoms with E-state index in [2.05, 4.69) is 0 Å². The van der Waals surface area contributed by atoms with Crippen molar-refractivity contribution in [3.05, 3.63) is 42.4 Å². The third kappa shape index (κ3) is 3.50. The van der Waals surface area contributed by atoms with E-state index in [4.69, 9.17) is 21.8 Å². The van der Waals surface area contributed by atoms with Gasteiger partial charge in [0.15, 0.2) is 0 Å². The van der Waals surface area contributed by atoms with Gasteiger partial charge in [0.05, 0.1) is 25.5 Å². The first-order valence-electron chi connectivity index (χ1n) is 6.47. The fourth-order valence-corrected chi connectivity index (χ4v) is 2.53. The zero-order valence-corrected chi connectivity index (χ0v) is 11.8. The number of aliphatic hydroxyl groups is 2. The van der Waals surface area contributed by atoms with Crippen LogP contribution in [0.3, 0.4) is 0 Å². The number of alkyl halides is 1. The second-order valence-electron chi connectivity index (χ2n) is 4.69. The summed E-state index contributed by atoms with van der Waals surface area (Å²) in [6.07, 6.45) is 6.89. The molecule has 0 radical (unpaired) electrons. The lowest BCUT2D eigenvalue weighted by Gasteiger charge is -2.34. The maximum absolute atomic E-state index is 9.17. The van der Waals surface area contributed by atoms with Crippen LogP contribution in [0, 0.1) is 0 Å². The summed E-state index contributed by atoms with van der Waals surface area (Å²) in [5.74, 6) is 0.677. The van der Waals surface area contributed by atoms with E-state index in [1.165, 1.54) is 0 Å². The highest BCUT2D eigenvalue weighted by molar-refractivity contribution is 6.26. The molecule has 110 valence electrons. The third-order valence-corrected chi connectivity index (χ3v) is 3.44. The van der Waals surface area contributed by atoms with Crippen LogP contribution < -0.4 is 5.73 Å². The Morgan fingerprint density at radius 2 is 2.05 bits per heavy atom. The van der Waals surface area contributed by atoms with Crippen molar-refractivity contribution in [2.45, 2.75) is 11.0 Å². The number of furan rings is 1. The molecule has 6 heteroatoms. The molecule has 0 aliphatic heterocycles. The summed E-state index contributed by atoms with van der Waals surface area (Å²) in [6.45, 7) is 0.885. The Morgan fingerprint density at radius 1 is 1.35 bits per heavy atom. The van der Waals surface area contributed by atoms with Crippen molar-refractivity contribution in [2.75, 3.05) is 26.3 Å². The van der Waals surface area contributed by atoms with Gasteiger partial charge in [0.25, 0.3) is 0 Å².